The van der Waals surface area contributed by atoms with Crippen molar-refractivity contribution in [1.82, 2.24) is 10.2 Å². The Kier molecular flexibility index (Phi) is 4.78. The predicted molar refractivity (Wildman–Crippen MR) is 79.3 cm³/mol. The molecule has 2 rings (SSSR count). The summed E-state index contributed by atoms with van der Waals surface area (Å²) in [6.45, 7) is 3.04. The Morgan fingerprint density at radius 2 is 2.00 bits per heavy atom. The fraction of sp³-hybridized carbons (Fsp3) is 0.625. The number of rotatable bonds is 6. The van der Waals surface area contributed by atoms with Crippen LogP contribution in [0.1, 0.15) is 31.2 Å². The van der Waals surface area contributed by atoms with Gasteiger partial charge in [-0.2, -0.15) is 0 Å². The Balaban J connectivity index is 1.76. The lowest BCUT2D eigenvalue weighted by Gasteiger charge is -2.38. The third-order valence-electron chi connectivity index (χ3n) is 3.91. The molecular weight excluding hydrogens is 255 g/mol. The van der Waals surface area contributed by atoms with Gasteiger partial charge in [-0.1, -0.05) is 18.2 Å². The molecular formula is C16H25FN2O. The van der Waals surface area contributed by atoms with E-state index in [-0.39, 0.29) is 5.82 Å². The van der Waals surface area contributed by atoms with Crippen molar-refractivity contribution < 1.29 is 9.50 Å². The number of aliphatic hydroxyl groups is 1. The topological polar surface area (TPSA) is 35.5 Å². The van der Waals surface area contributed by atoms with Crippen molar-refractivity contribution in [2.45, 2.75) is 37.3 Å². The van der Waals surface area contributed by atoms with E-state index in [2.05, 4.69) is 5.32 Å². The van der Waals surface area contributed by atoms with Crippen molar-refractivity contribution in [2.24, 2.45) is 0 Å². The van der Waals surface area contributed by atoms with E-state index in [1.165, 1.54) is 6.07 Å². The van der Waals surface area contributed by atoms with Crippen LogP contribution in [0.2, 0.25) is 0 Å². The van der Waals surface area contributed by atoms with E-state index < -0.39 is 5.60 Å². The van der Waals surface area contributed by atoms with E-state index in [1.54, 1.807) is 6.07 Å². The molecule has 1 unspecified atom stereocenters. The maximum Gasteiger partial charge on any atom is 0.126 e. The summed E-state index contributed by atoms with van der Waals surface area (Å²) >= 11 is 0. The average molecular weight is 280 g/mol. The minimum atomic E-state index is -0.730. The molecule has 0 saturated heterocycles. The predicted octanol–water partition coefficient (Wildman–Crippen LogP) is 1.97. The molecule has 0 bridgehead atoms. The summed E-state index contributed by atoms with van der Waals surface area (Å²) < 4.78 is 13.6. The van der Waals surface area contributed by atoms with Gasteiger partial charge in [0.05, 0.1) is 5.60 Å². The molecule has 1 aliphatic rings. The Morgan fingerprint density at radius 1 is 1.35 bits per heavy atom. The van der Waals surface area contributed by atoms with Crippen molar-refractivity contribution in [1.29, 1.82) is 0 Å². The van der Waals surface area contributed by atoms with Gasteiger partial charge in [0.2, 0.25) is 0 Å². The second kappa shape index (κ2) is 6.20. The highest BCUT2D eigenvalue weighted by Crippen LogP contribution is 2.38. The number of nitrogens with zero attached hydrogens (tertiary/aromatic N) is 1. The average Bonchev–Trinajstić information content (AvgIpc) is 2.27. The maximum atomic E-state index is 13.6. The van der Waals surface area contributed by atoms with E-state index in [9.17, 15) is 9.50 Å². The first-order chi connectivity index (χ1) is 9.37. The summed E-state index contributed by atoms with van der Waals surface area (Å²) in [4.78, 5) is 1.98. The van der Waals surface area contributed by atoms with E-state index in [0.717, 1.165) is 18.4 Å². The fourth-order valence-electron chi connectivity index (χ4n) is 2.95. The number of halogens is 1. The zero-order valence-electron chi connectivity index (χ0n) is 12.6. The summed E-state index contributed by atoms with van der Waals surface area (Å²) in [5.41, 5.74) is 0.0951. The summed E-state index contributed by atoms with van der Waals surface area (Å²) in [5.74, 6) is 0.211. The first kappa shape index (κ1) is 15.4. The quantitative estimate of drug-likeness (QED) is 0.836. The third-order valence-corrected chi connectivity index (χ3v) is 3.91. The first-order valence-electron chi connectivity index (χ1n) is 7.22. The van der Waals surface area contributed by atoms with Crippen LogP contribution in [0.15, 0.2) is 24.3 Å². The zero-order valence-corrected chi connectivity index (χ0v) is 12.6. The number of hydrogen-bond acceptors (Lipinski definition) is 3. The van der Waals surface area contributed by atoms with E-state index in [4.69, 9.17) is 0 Å². The molecule has 0 heterocycles. The highest BCUT2D eigenvalue weighted by atomic mass is 19.1. The summed E-state index contributed by atoms with van der Waals surface area (Å²) in [6, 6.07) is 7.40. The van der Waals surface area contributed by atoms with Crippen LogP contribution in [0.25, 0.3) is 0 Å². The lowest BCUT2D eigenvalue weighted by molar-refractivity contribution is 0.0277. The van der Waals surface area contributed by atoms with Gasteiger partial charge >= 0.3 is 0 Å². The number of benzene rings is 1. The second-order valence-corrected chi connectivity index (χ2v) is 6.50. The highest BCUT2D eigenvalue weighted by Gasteiger charge is 2.33. The van der Waals surface area contributed by atoms with Crippen LogP contribution >= 0.6 is 0 Å². The third kappa shape index (κ3) is 4.01. The zero-order chi connectivity index (χ0) is 14.8. The minimum absolute atomic E-state index is 0.101. The van der Waals surface area contributed by atoms with Gasteiger partial charge < -0.3 is 15.3 Å². The number of hydrogen-bond donors (Lipinski definition) is 2. The van der Waals surface area contributed by atoms with Gasteiger partial charge in [0.25, 0.3) is 0 Å². The fourth-order valence-corrected chi connectivity index (χ4v) is 2.95. The van der Waals surface area contributed by atoms with Gasteiger partial charge in [-0.25, -0.2) is 4.39 Å². The molecule has 20 heavy (non-hydrogen) atoms. The van der Waals surface area contributed by atoms with Crippen LogP contribution in [-0.2, 0) is 0 Å². The molecule has 1 aliphatic carbocycles. The summed E-state index contributed by atoms with van der Waals surface area (Å²) in [6.07, 6.45) is 1.89. The van der Waals surface area contributed by atoms with Gasteiger partial charge in [-0.3, -0.25) is 0 Å². The van der Waals surface area contributed by atoms with Crippen LogP contribution in [0.3, 0.4) is 0 Å². The SMILES string of the molecule is CN(C)CC(C)(O)CNC1CC(c2ccccc2F)C1. The molecule has 1 saturated carbocycles. The molecule has 0 radical (unpaired) electrons. The monoisotopic (exact) mass is 280 g/mol. The summed E-state index contributed by atoms with van der Waals surface area (Å²) in [7, 11) is 3.90. The van der Waals surface area contributed by atoms with Gasteiger partial charge in [-0.05, 0) is 51.4 Å². The normalized spacial score (nSPS) is 25.3. The van der Waals surface area contributed by atoms with E-state index in [0.29, 0.717) is 25.0 Å². The largest absolute Gasteiger partial charge is 0.388 e. The summed E-state index contributed by atoms with van der Waals surface area (Å²) in [5, 5.41) is 13.6. The Bertz CT molecular complexity index is 442. The van der Waals surface area contributed by atoms with Crippen LogP contribution in [0.4, 0.5) is 4.39 Å². The molecule has 0 spiro atoms. The molecule has 1 atom stereocenters. The van der Waals surface area contributed by atoms with Crippen LogP contribution in [-0.4, -0.2) is 48.8 Å². The van der Waals surface area contributed by atoms with Crippen molar-refractivity contribution >= 4 is 0 Å². The Morgan fingerprint density at radius 3 is 2.60 bits per heavy atom. The van der Waals surface area contributed by atoms with Crippen molar-refractivity contribution in [2.75, 3.05) is 27.2 Å². The van der Waals surface area contributed by atoms with Crippen LogP contribution < -0.4 is 5.32 Å². The van der Waals surface area contributed by atoms with E-state index in [1.807, 2.05) is 38.1 Å². The van der Waals surface area contributed by atoms with Crippen LogP contribution in [0, 0.1) is 5.82 Å². The van der Waals surface area contributed by atoms with Crippen molar-refractivity contribution in [3.05, 3.63) is 35.6 Å². The van der Waals surface area contributed by atoms with Crippen LogP contribution in [0.5, 0.6) is 0 Å². The van der Waals surface area contributed by atoms with Gasteiger partial charge in [-0.15, -0.1) is 0 Å². The first-order valence-corrected chi connectivity index (χ1v) is 7.22. The molecule has 1 aromatic carbocycles. The van der Waals surface area contributed by atoms with Gasteiger partial charge in [0.15, 0.2) is 0 Å². The molecule has 1 fully saturated rings. The molecule has 2 N–H and O–H groups in total. The Labute approximate surface area is 120 Å². The Hall–Kier alpha value is -0.970. The number of likely N-dealkylation sites (N-methyl/N-ethyl adjacent to an activating group) is 1. The molecule has 3 nitrogen and oxygen atoms in total. The minimum Gasteiger partial charge on any atom is -0.388 e. The molecule has 0 amide bonds. The van der Waals surface area contributed by atoms with Gasteiger partial charge in [0, 0.05) is 19.1 Å². The molecule has 0 aliphatic heterocycles. The van der Waals surface area contributed by atoms with E-state index >= 15 is 0 Å². The highest BCUT2D eigenvalue weighted by molar-refractivity contribution is 5.24. The number of nitrogens with one attached hydrogen (secondary N) is 1. The lowest BCUT2D eigenvalue weighted by Crippen LogP contribution is -2.51. The van der Waals surface area contributed by atoms with Crippen molar-refractivity contribution in [3.8, 4) is 0 Å². The molecule has 4 heteroatoms. The maximum absolute atomic E-state index is 13.6. The lowest BCUT2D eigenvalue weighted by atomic mass is 9.75. The smallest absolute Gasteiger partial charge is 0.126 e. The van der Waals surface area contributed by atoms with Crippen molar-refractivity contribution in [3.63, 3.8) is 0 Å². The standard InChI is InChI=1S/C16H25FN2O/c1-16(20,11-19(2)3)10-18-13-8-12(9-13)14-6-4-5-7-15(14)17/h4-7,12-13,18,20H,8-11H2,1-3H3. The molecule has 1 aromatic rings. The second-order valence-electron chi connectivity index (χ2n) is 6.50. The van der Waals surface area contributed by atoms with Gasteiger partial charge in [0.1, 0.15) is 5.82 Å². The molecule has 0 aromatic heterocycles. The molecule has 112 valence electrons.